The van der Waals surface area contributed by atoms with Crippen molar-refractivity contribution in [2.45, 2.75) is 66.5 Å². The Kier molecular flexibility index (Phi) is 4.47. The van der Waals surface area contributed by atoms with E-state index in [1.54, 1.807) is 0 Å². The molecule has 0 bridgehead atoms. The van der Waals surface area contributed by atoms with Gasteiger partial charge in [-0.15, -0.1) is 0 Å². The molecule has 18 heavy (non-hydrogen) atoms. The molecule has 0 saturated carbocycles. The second kappa shape index (κ2) is 5.20. The Morgan fingerprint density at radius 3 is 2.11 bits per heavy atom. The third-order valence-electron chi connectivity index (χ3n) is 3.78. The summed E-state index contributed by atoms with van der Waals surface area (Å²) < 4.78 is 0. The molecule has 1 unspecified atom stereocenters. The van der Waals surface area contributed by atoms with E-state index in [0.717, 1.165) is 19.5 Å². The highest BCUT2D eigenvalue weighted by atomic mass is 16.2. The average Bonchev–Trinajstić information content (AvgIpc) is 2.17. The Labute approximate surface area is 113 Å². The van der Waals surface area contributed by atoms with Gasteiger partial charge in [0.15, 0.2) is 0 Å². The summed E-state index contributed by atoms with van der Waals surface area (Å²) in [5, 5.41) is 0. The van der Waals surface area contributed by atoms with Gasteiger partial charge in [-0.3, -0.25) is 9.69 Å². The number of amides is 1. The van der Waals surface area contributed by atoms with E-state index < -0.39 is 0 Å². The van der Waals surface area contributed by atoms with Crippen LogP contribution in [0.15, 0.2) is 0 Å². The molecule has 3 heteroatoms. The molecule has 1 aliphatic heterocycles. The second-order valence-electron chi connectivity index (χ2n) is 7.52. The Balaban J connectivity index is 2.96. The lowest BCUT2D eigenvalue weighted by molar-refractivity contribution is -0.145. The first-order chi connectivity index (χ1) is 8.07. The van der Waals surface area contributed by atoms with Gasteiger partial charge >= 0.3 is 0 Å². The minimum atomic E-state index is 0.0475. The zero-order valence-corrected chi connectivity index (χ0v) is 13.2. The van der Waals surface area contributed by atoms with Gasteiger partial charge in [0.1, 0.15) is 0 Å². The van der Waals surface area contributed by atoms with Crippen molar-refractivity contribution in [3.05, 3.63) is 0 Å². The molecule has 1 aliphatic rings. The van der Waals surface area contributed by atoms with Gasteiger partial charge in [-0.1, -0.05) is 27.7 Å². The van der Waals surface area contributed by atoms with Crippen molar-refractivity contribution in [1.29, 1.82) is 0 Å². The van der Waals surface area contributed by atoms with Gasteiger partial charge in [0.05, 0.1) is 6.54 Å². The van der Waals surface area contributed by atoms with Gasteiger partial charge in [-0.25, -0.2) is 0 Å². The fraction of sp³-hybridized carbons (Fsp3) is 0.933. The molecule has 3 nitrogen and oxygen atoms in total. The summed E-state index contributed by atoms with van der Waals surface area (Å²) in [7, 11) is 0. The summed E-state index contributed by atoms with van der Waals surface area (Å²) in [6, 6.07) is 0.432. The Morgan fingerprint density at radius 2 is 1.72 bits per heavy atom. The number of hydrogen-bond donors (Lipinski definition) is 0. The average molecular weight is 254 g/mol. The van der Waals surface area contributed by atoms with Crippen molar-refractivity contribution in [1.82, 2.24) is 9.80 Å². The van der Waals surface area contributed by atoms with Crippen LogP contribution in [0.1, 0.15) is 54.9 Å². The van der Waals surface area contributed by atoms with Crippen LogP contribution in [0.3, 0.4) is 0 Å². The van der Waals surface area contributed by atoms with Gasteiger partial charge in [-0.05, 0) is 32.6 Å². The minimum Gasteiger partial charge on any atom is -0.340 e. The lowest BCUT2D eigenvalue weighted by atomic mass is 9.81. The van der Waals surface area contributed by atoms with Crippen LogP contribution in [0, 0.1) is 5.41 Å². The van der Waals surface area contributed by atoms with Crippen LogP contribution in [0.25, 0.3) is 0 Å². The monoisotopic (exact) mass is 254 g/mol. The maximum absolute atomic E-state index is 12.2. The summed E-state index contributed by atoms with van der Waals surface area (Å²) in [6.07, 6.45) is 1.04. The third-order valence-corrected chi connectivity index (χ3v) is 3.78. The third kappa shape index (κ3) is 3.47. The molecule has 106 valence electrons. The normalized spacial score (nSPS) is 23.6. The Hall–Kier alpha value is -0.570. The van der Waals surface area contributed by atoms with Crippen molar-refractivity contribution >= 4 is 5.91 Å². The Morgan fingerprint density at radius 1 is 1.17 bits per heavy atom. The van der Waals surface area contributed by atoms with Gasteiger partial charge in [-0.2, -0.15) is 0 Å². The number of hydrogen-bond acceptors (Lipinski definition) is 2. The largest absolute Gasteiger partial charge is 0.340 e. The van der Waals surface area contributed by atoms with Crippen molar-refractivity contribution in [3.63, 3.8) is 0 Å². The molecule has 1 rings (SSSR count). The number of piperazine rings is 1. The lowest BCUT2D eigenvalue weighted by Crippen LogP contribution is -2.65. The minimum absolute atomic E-state index is 0.0475. The van der Waals surface area contributed by atoms with E-state index in [1.807, 2.05) is 4.90 Å². The van der Waals surface area contributed by atoms with Gasteiger partial charge in [0.2, 0.25) is 5.91 Å². The SMILES string of the molecule is CCCN1CC(C(C)(C)C)N(C(C)(C)C)CC1=O. The van der Waals surface area contributed by atoms with Crippen LogP contribution >= 0.6 is 0 Å². The molecule has 0 aromatic rings. The van der Waals surface area contributed by atoms with E-state index in [-0.39, 0.29) is 16.9 Å². The smallest absolute Gasteiger partial charge is 0.236 e. The summed E-state index contributed by atoms with van der Waals surface area (Å²) in [5.74, 6) is 0.285. The zero-order valence-electron chi connectivity index (χ0n) is 13.2. The molecule has 0 N–H and O–H groups in total. The van der Waals surface area contributed by atoms with Crippen molar-refractivity contribution < 1.29 is 4.79 Å². The first-order valence-corrected chi connectivity index (χ1v) is 7.12. The maximum Gasteiger partial charge on any atom is 0.236 e. The van der Waals surface area contributed by atoms with Gasteiger partial charge in [0, 0.05) is 24.7 Å². The van der Waals surface area contributed by atoms with E-state index in [2.05, 4.69) is 53.4 Å². The second-order valence-corrected chi connectivity index (χ2v) is 7.52. The molecule has 1 amide bonds. The number of carbonyl (C=O) groups excluding carboxylic acids is 1. The summed E-state index contributed by atoms with van der Waals surface area (Å²) in [4.78, 5) is 16.6. The Bertz CT molecular complexity index is 299. The van der Waals surface area contributed by atoms with Gasteiger partial charge < -0.3 is 4.90 Å². The van der Waals surface area contributed by atoms with Crippen molar-refractivity contribution in [2.75, 3.05) is 19.6 Å². The molecule has 1 atom stereocenters. The first-order valence-electron chi connectivity index (χ1n) is 7.12. The summed E-state index contributed by atoms with van der Waals surface area (Å²) >= 11 is 0. The topological polar surface area (TPSA) is 23.6 Å². The highest BCUT2D eigenvalue weighted by molar-refractivity contribution is 5.79. The molecule has 0 aliphatic carbocycles. The summed E-state index contributed by atoms with van der Waals surface area (Å²) in [5.41, 5.74) is 0.242. The lowest BCUT2D eigenvalue weighted by Gasteiger charge is -2.52. The zero-order chi connectivity index (χ0) is 14.1. The molecule has 0 radical (unpaired) electrons. The quantitative estimate of drug-likeness (QED) is 0.756. The predicted octanol–water partition coefficient (Wildman–Crippen LogP) is 2.75. The van der Waals surface area contributed by atoms with E-state index in [0.29, 0.717) is 12.6 Å². The molecule has 1 fully saturated rings. The van der Waals surface area contributed by atoms with Crippen LogP contribution in [0.5, 0.6) is 0 Å². The number of rotatable bonds is 2. The van der Waals surface area contributed by atoms with E-state index in [1.165, 1.54) is 0 Å². The van der Waals surface area contributed by atoms with Crippen LogP contribution in [0.2, 0.25) is 0 Å². The molecule has 0 aromatic heterocycles. The van der Waals surface area contributed by atoms with Crippen LogP contribution in [-0.4, -0.2) is 46.9 Å². The number of carbonyl (C=O) groups is 1. The van der Waals surface area contributed by atoms with Crippen molar-refractivity contribution in [2.24, 2.45) is 5.41 Å². The van der Waals surface area contributed by atoms with E-state index in [9.17, 15) is 4.79 Å². The van der Waals surface area contributed by atoms with Crippen LogP contribution in [-0.2, 0) is 4.79 Å². The van der Waals surface area contributed by atoms with Crippen molar-refractivity contribution in [3.8, 4) is 0 Å². The maximum atomic E-state index is 12.2. The molecular weight excluding hydrogens is 224 g/mol. The van der Waals surface area contributed by atoms with E-state index in [4.69, 9.17) is 0 Å². The number of nitrogens with zero attached hydrogens (tertiary/aromatic N) is 2. The first kappa shape index (κ1) is 15.5. The molecule has 1 saturated heterocycles. The fourth-order valence-corrected chi connectivity index (χ4v) is 2.70. The standard InChI is InChI=1S/C15H30N2O/c1-8-9-16-10-12(14(2,3)4)17(11-13(16)18)15(5,6)7/h12H,8-11H2,1-7H3. The predicted molar refractivity (Wildman–Crippen MR) is 76.6 cm³/mol. The van der Waals surface area contributed by atoms with Crippen LogP contribution < -0.4 is 0 Å². The van der Waals surface area contributed by atoms with Crippen LogP contribution in [0.4, 0.5) is 0 Å². The highest BCUT2D eigenvalue weighted by Crippen LogP contribution is 2.32. The molecule has 0 aromatic carbocycles. The van der Waals surface area contributed by atoms with E-state index >= 15 is 0 Å². The molecule has 0 spiro atoms. The van der Waals surface area contributed by atoms with Gasteiger partial charge in [0.25, 0.3) is 0 Å². The fourth-order valence-electron chi connectivity index (χ4n) is 2.70. The molecule has 1 heterocycles. The summed E-state index contributed by atoms with van der Waals surface area (Å²) in [6.45, 7) is 17.9. The molecular formula is C15H30N2O. The highest BCUT2D eigenvalue weighted by Gasteiger charge is 2.42.